The van der Waals surface area contributed by atoms with Crippen molar-refractivity contribution in [3.8, 4) is 11.1 Å². The fourth-order valence-corrected chi connectivity index (χ4v) is 2.58. The van der Waals surface area contributed by atoms with Crippen LogP contribution in [0.5, 0.6) is 0 Å². The molecule has 2 N–H and O–H groups in total. The minimum atomic E-state index is 0.290. The Hall–Kier alpha value is -2.95. The number of nitrogen functional groups attached to an aromatic ring is 1. The monoisotopic (exact) mass is 275 g/mol. The average molecular weight is 275 g/mol. The average Bonchev–Trinajstić information content (AvgIpc) is 2.88. The van der Waals surface area contributed by atoms with Crippen molar-refractivity contribution in [3.05, 3.63) is 54.4 Å². The van der Waals surface area contributed by atoms with Crippen molar-refractivity contribution in [2.24, 2.45) is 0 Å². The highest BCUT2D eigenvalue weighted by molar-refractivity contribution is 5.84. The molecule has 0 bridgehead atoms. The van der Waals surface area contributed by atoms with Gasteiger partial charge in [0.25, 0.3) is 0 Å². The van der Waals surface area contributed by atoms with Crippen LogP contribution < -0.4 is 5.73 Å². The number of aryl methyl sites for hydroxylation is 1. The first-order valence-corrected chi connectivity index (χ1v) is 6.68. The second kappa shape index (κ2) is 4.28. The van der Waals surface area contributed by atoms with Gasteiger partial charge in [-0.1, -0.05) is 12.1 Å². The normalized spacial score (nSPS) is 11.3. The zero-order valence-corrected chi connectivity index (χ0v) is 11.5. The number of hydrogen-bond donors (Lipinski definition) is 1. The van der Waals surface area contributed by atoms with Gasteiger partial charge in [0.05, 0.1) is 5.52 Å². The van der Waals surface area contributed by atoms with E-state index in [9.17, 15) is 0 Å². The summed E-state index contributed by atoms with van der Waals surface area (Å²) in [7, 11) is 0. The Morgan fingerprint density at radius 3 is 2.90 bits per heavy atom. The van der Waals surface area contributed by atoms with Crippen molar-refractivity contribution in [3.63, 3.8) is 0 Å². The molecular weight excluding hydrogens is 262 g/mol. The zero-order chi connectivity index (χ0) is 14.4. The van der Waals surface area contributed by atoms with Crippen LogP contribution in [0.25, 0.3) is 27.7 Å². The number of aromatic nitrogens is 4. The molecule has 4 aromatic rings. The van der Waals surface area contributed by atoms with E-state index in [1.165, 1.54) is 0 Å². The molecule has 21 heavy (non-hydrogen) atoms. The van der Waals surface area contributed by atoms with Gasteiger partial charge in [-0.3, -0.25) is 4.98 Å². The molecule has 5 nitrogen and oxygen atoms in total. The summed E-state index contributed by atoms with van der Waals surface area (Å²) in [6.45, 7) is 2.01. The second-order valence-corrected chi connectivity index (χ2v) is 5.06. The third-order valence-corrected chi connectivity index (χ3v) is 3.57. The number of benzene rings is 1. The van der Waals surface area contributed by atoms with Crippen molar-refractivity contribution < 1.29 is 0 Å². The highest BCUT2D eigenvalue weighted by atomic mass is 15.3. The van der Waals surface area contributed by atoms with Crippen LogP contribution in [0.15, 0.2) is 48.8 Å². The van der Waals surface area contributed by atoms with E-state index in [0.717, 1.165) is 33.2 Å². The van der Waals surface area contributed by atoms with Crippen molar-refractivity contribution in [2.45, 2.75) is 6.92 Å². The molecule has 0 aliphatic rings. The second-order valence-electron chi connectivity index (χ2n) is 5.06. The molecule has 3 heterocycles. The lowest BCUT2D eigenvalue weighted by atomic mass is 10.0. The molecule has 0 saturated carbocycles. The van der Waals surface area contributed by atoms with E-state index >= 15 is 0 Å². The number of nitrogens with zero attached hydrogens (tertiary/aromatic N) is 4. The molecule has 0 fully saturated rings. The Balaban J connectivity index is 1.94. The number of rotatable bonds is 1. The summed E-state index contributed by atoms with van der Waals surface area (Å²) < 4.78 is 1.73. The van der Waals surface area contributed by atoms with Gasteiger partial charge >= 0.3 is 0 Å². The molecule has 0 radical (unpaired) electrons. The molecule has 102 valence electrons. The number of hydrogen-bond acceptors (Lipinski definition) is 4. The Kier molecular flexibility index (Phi) is 2.41. The first-order chi connectivity index (χ1) is 10.2. The maximum Gasteiger partial charge on any atom is 0.240 e. The van der Waals surface area contributed by atoms with E-state index < -0.39 is 0 Å². The molecule has 0 atom stereocenters. The molecule has 0 unspecified atom stereocenters. The van der Waals surface area contributed by atoms with Crippen molar-refractivity contribution >= 4 is 22.5 Å². The third-order valence-electron chi connectivity index (χ3n) is 3.57. The molecular formula is C16H13N5. The van der Waals surface area contributed by atoms with Gasteiger partial charge < -0.3 is 5.73 Å². The van der Waals surface area contributed by atoms with Gasteiger partial charge in [0.1, 0.15) is 0 Å². The fourth-order valence-electron chi connectivity index (χ4n) is 2.58. The zero-order valence-electron chi connectivity index (χ0n) is 11.5. The molecule has 0 saturated heterocycles. The van der Waals surface area contributed by atoms with E-state index in [-0.39, 0.29) is 5.95 Å². The first kappa shape index (κ1) is 11.8. The lowest BCUT2D eigenvalue weighted by Crippen LogP contribution is -1.93. The number of fused-ring (bicyclic) bond motifs is 2. The predicted octanol–water partition coefficient (Wildman–Crippen LogP) is 2.84. The van der Waals surface area contributed by atoms with Gasteiger partial charge in [-0.2, -0.15) is 4.98 Å². The van der Waals surface area contributed by atoms with Gasteiger partial charge in [0, 0.05) is 23.3 Å². The van der Waals surface area contributed by atoms with E-state index in [1.807, 2.05) is 25.3 Å². The molecule has 5 heteroatoms. The number of nitrogens with two attached hydrogens (primary N) is 1. The van der Waals surface area contributed by atoms with Crippen LogP contribution in [0.4, 0.5) is 5.95 Å². The summed E-state index contributed by atoms with van der Waals surface area (Å²) >= 11 is 0. The quantitative estimate of drug-likeness (QED) is 0.580. The fraction of sp³-hybridized carbons (Fsp3) is 0.0625. The Morgan fingerprint density at radius 1 is 1.10 bits per heavy atom. The van der Waals surface area contributed by atoms with Gasteiger partial charge in [-0.25, -0.2) is 4.52 Å². The Labute approximate surface area is 121 Å². The highest BCUT2D eigenvalue weighted by Crippen LogP contribution is 2.25. The van der Waals surface area contributed by atoms with Gasteiger partial charge in [-0.05, 0) is 42.3 Å². The summed E-state index contributed by atoms with van der Waals surface area (Å²) in [6.07, 6.45) is 3.75. The molecule has 0 aliphatic heterocycles. The van der Waals surface area contributed by atoms with Crippen LogP contribution in [0.3, 0.4) is 0 Å². The maximum absolute atomic E-state index is 5.67. The number of anilines is 1. The first-order valence-electron chi connectivity index (χ1n) is 6.68. The van der Waals surface area contributed by atoms with Gasteiger partial charge in [0.2, 0.25) is 5.95 Å². The third kappa shape index (κ3) is 1.90. The standard InChI is InChI=1S/C16H13N5/c1-10-7-13(9-21-15(10)19-16(17)20-21)11-4-5-14-12(8-11)3-2-6-18-14/h2-9H,1H3,(H2,17,20). The van der Waals surface area contributed by atoms with Crippen LogP contribution in [0.1, 0.15) is 5.56 Å². The largest absolute Gasteiger partial charge is 0.366 e. The van der Waals surface area contributed by atoms with Crippen LogP contribution in [-0.2, 0) is 0 Å². The van der Waals surface area contributed by atoms with Crippen LogP contribution in [0.2, 0.25) is 0 Å². The van der Waals surface area contributed by atoms with E-state index in [4.69, 9.17) is 5.73 Å². The molecule has 0 amide bonds. The maximum atomic E-state index is 5.67. The lowest BCUT2D eigenvalue weighted by Gasteiger charge is -2.06. The van der Waals surface area contributed by atoms with Gasteiger partial charge in [0.15, 0.2) is 5.65 Å². The van der Waals surface area contributed by atoms with Crippen molar-refractivity contribution in [2.75, 3.05) is 5.73 Å². The summed E-state index contributed by atoms with van der Waals surface area (Å²) in [5.41, 5.74) is 10.7. The summed E-state index contributed by atoms with van der Waals surface area (Å²) in [5, 5.41) is 5.31. The van der Waals surface area contributed by atoms with Crippen LogP contribution in [-0.4, -0.2) is 19.6 Å². The van der Waals surface area contributed by atoms with E-state index in [1.54, 1.807) is 10.7 Å². The molecule has 1 aromatic carbocycles. The molecule has 3 aromatic heterocycles. The SMILES string of the molecule is Cc1cc(-c2ccc3ncccc3c2)cn2nc(N)nc12. The molecule has 0 spiro atoms. The number of pyridine rings is 2. The minimum Gasteiger partial charge on any atom is -0.366 e. The predicted molar refractivity (Wildman–Crippen MR) is 82.9 cm³/mol. The minimum absolute atomic E-state index is 0.290. The molecule has 4 rings (SSSR count). The van der Waals surface area contributed by atoms with Crippen molar-refractivity contribution in [1.29, 1.82) is 0 Å². The smallest absolute Gasteiger partial charge is 0.240 e. The van der Waals surface area contributed by atoms with Crippen LogP contribution in [0, 0.1) is 6.92 Å². The van der Waals surface area contributed by atoms with Crippen LogP contribution >= 0.6 is 0 Å². The lowest BCUT2D eigenvalue weighted by molar-refractivity contribution is 0.964. The van der Waals surface area contributed by atoms with Crippen molar-refractivity contribution in [1.82, 2.24) is 19.6 Å². The Morgan fingerprint density at radius 2 is 2.00 bits per heavy atom. The highest BCUT2D eigenvalue weighted by Gasteiger charge is 2.07. The topological polar surface area (TPSA) is 69.1 Å². The summed E-state index contributed by atoms with van der Waals surface area (Å²) in [5.74, 6) is 0.290. The molecule has 0 aliphatic carbocycles. The Bertz CT molecular complexity index is 971. The van der Waals surface area contributed by atoms with Gasteiger partial charge in [-0.15, -0.1) is 5.10 Å². The van der Waals surface area contributed by atoms with E-state index in [0.29, 0.717) is 0 Å². The summed E-state index contributed by atoms with van der Waals surface area (Å²) in [4.78, 5) is 8.56. The van der Waals surface area contributed by atoms with E-state index in [2.05, 4.69) is 39.3 Å². The summed E-state index contributed by atoms with van der Waals surface area (Å²) in [6, 6.07) is 12.3.